The van der Waals surface area contributed by atoms with Crippen LogP contribution >= 0.6 is 0 Å². The summed E-state index contributed by atoms with van der Waals surface area (Å²) in [6.07, 6.45) is -4.44. The number of carbonyl (C=O) groups excluding carboxylic acids is 1. The minimum atomic E-state index is -4.44. The molecule has 1 aromatic rings. The van der Waals surface area contributed by atoms with E-state index in [4.69, 9.17) is 0 Å². The second-order valence-electron chi connectivity index (χ2n) is 3.26. The van der Waals surface area contributed by atoms with Crippen LogP contribution in [0.1, 0.15) is 12.5 Å². The van der Waals surface area contributed by atoms with Crippen LogP contribution < -0.4 is 10.4 Å². The lowest BCUT2D eigenvalue weighted by atomic mass is 10.2. The molecule has 3 nitrogen and oxygen atoms in total. The van der Waals surface area contributed by atoms with E-state index in [0.29, 0.717) is 0 Å². The van der Waals surface area contributed by atoms with E-state index in [1.807, 2.05) is 0 Å². The first kappa shape index (κ1) is 12.4. The van der Waals surface area contributed by atoms with Gasteiger partial charge in [-0.05, 0) is 25.1 Å². The molecule has 0 amide bonds. The topological polar surface area (TPSA) is 52.2 Å². The number of carboxylic acid groups (broad SMARTS) is 1. The van der Waals surface area contributed by atoms with Gasteiger partial charge in [-0.3, -0.25) is 0 Å². The third-order valence-corrected chi connectivity index (χ3v) is 1.93. The lowest BCUT2D eigenvalue weighted by Gasteiger charge is -2.17. The fourth-order valence-corrected chi connectivity index (χ4v) is 1.09. The highest BCUT2D eigenvalue weighted by Crippen LogP contribution is 2.30. The summed E-state index contributed by atoms with van der Waals surface area (Å²) < 4.78 is 36.9. The largest absolute Gasteiger partial charge is 0.548 e. The van der Waals surface area contributed by atoms with Crippen molar-refractivity contribution in [3.63, 3.8) is 0 Å². The van der Waals surface area contributed by atoms with E-state index in [-0.39, 0.29) is 5.69 Å². The second-order valence-corrected chi connectivity index (χ2v) is 3.26. The van der Waals surface area contributed by atoms with E-state index in [1.54, 1.807) is 0 Å². The van der Waals surface area contributed by atoms with Crippen LogP contribution in [0.3, 0.4) is 0 Å². The molecule has 0 saturated heterocycles. The molecule has 0 fully saturated rings. The quantitative estimate of drug-likeness (QED) is 0.853. The molecular weight excluding hydrogens is 223 g/mol. The smallest absolute Gasteiger partial charge is 0.416 e. The van der Waals surface area contributed by atoms with Gasteiger partial charge >= 0.3 is 6.18 Å². The lowest BCUT2D eigenvalue weighted by Crippen LogP contribution is -2.38. The van der Waals surface area contributed by atoms with Gasteiger partial charge < -0.3 is 15.2 Å². The van der Waals surface area contributed by atoms with Crippen LogP contribution in [0.25, 0.3) is 0 Å². The highest BCUT2D eigenvalue weighted by atomic mass is 19.4. The first-order valence-electron chi connectivity index (χ1n) is 4.45. The first-order chi connectivity index (χ1) is 7.30. The maximum Gasteiger partial charge on any atom is 0.416 e. The predicted octanol–water partition coefficient (Wildman–Crippen LogP) is 1.26. The molecule has 16 heavy (non-hydrogen) atoms. The molecule has 1 rings (SSSR count). The minimum Gasteiger partial charge on any atom is -0.548 e. The summed E-state index contributed by atoms with van der Waals surface area (Å²) in [7, 11) is 0. The molecule has 0 radical (unpaired) electrons. The van der Waals surface area contributed by atoms with Crippen molar-refractivity contribution in [2.45, 2.75) is 19.1 Å². The van der Waals surface area contributed by atoms with E-state index in [1.165, 1.54) is 19.1 Å². The van der Waals surface area contributed by atoms with Crippen LogP contribution in [0.2, 0.25) is 0 Å². The number of hydrogen-bond acceptors (Lipinski definition) is 3. The second kappa shape index (κ2) is 4.42. The van der Waals surface area contributed by atoms with Crippen molar-refractivity contribution < 1.29 is 23.1 Å². The summed E-state index contributed by atoms with van der Waals surface area (Å²) in [5.74, 6) is -1.38. The molecule has 0 unspecified atom stereocenters. The molecule has 0 aromatic heterocycles. The van der Waals surface area contributed by atoms with Gasteiger partial charge in [-0.15, -0.1) is 0 Å². The zero-order chi connectivity index (χ0) is 12.3. The molecule has 6 heteroatoms. The number of benzene rings is 1. The molecular formula is C10H9F3NO2-. The molecule has 88 valence electrons. The van der Waals surface area contributed by atoms with Gasteiger partial charge in [0.25, 0.3) is 0 Å². The highest BCUT2D eigenvalue weighted by molar-refractivity contribution is 5.74. The number of hydrogen-bond donors (Lipinski definition) is 1. The standard InChI is InChI=1S/C10H10F3NO2/c1-6(9(15)16)14-8-4-2-3-7(5-8)10(11,12)13/h2-6,14H,1H3,(H,15,16)/p-1/t6-/m0/s1. The molecule has 0 spiro atoms. The Bertz CT molecular complexity index is 390. The SMILES string of the molecule is C[C@H](Nc1cccc(C(F)(F)F)c1)C(=O)[O-]. The Labute approximate surface area is 89.9 Å². The van der Waals surface area contributed by atoms with Crippen molar-refractivity contribution in [1.82, 2.24) is 0 Å². The third-order valence-electron chi connectivity index (χ3n) is 1.93. The highest BCUT2D eigenvalue weighted by Gasteiger charge is 2.30. The van der Waals surface area contributed by atoms with E-state index < -0.39 is 23.8 Å². The van der Waals surface area contributed by atoms with Crippen LogP contribution in [-0.2, 0) is 11.0 Å². The van der Waals surface area contributed by atoms with Crippen LogP contribution in [0.5, 0.6) is 0 Å². The molecule has 0 aliphatic rings. The Hall–Kier alpha value is -1.72. The Morgan fingerprint density at radius 1 is 1.44 bits per heavy atom. The van der Waals surface area contributed by atoms with Crippen molar-refractivity contribution in [2.24, 2.45) is 0 Å². The van der Waals surface area contributed by atoms with Crippen LogP contribution in [-0.4, -0.2) is 12.0 Å². The van der Waals surface area contributed by atoms with Gasteiger partial charge in [0.05, 0.1) is 17.6 Å². The van der Waals surface area contributed by atoms with Gasteiger partial charge in [0.2, 0.25) is 0 Å². The normalized spacial score (nSPS) is 13.2. The van der Waals surface area contributed by atoms with Gasteiger partial charge in [0, 0.05) is 5.69 Å². The molecule has 0 aliphatic carbocycles. The van der Waals surface area contributed by atoms with E-state index in [9.17, 15) is 23.1 Å². The van der Waals surface area contributed by atoms with Crippen molar-refractivity contribution in [1.29, 1.82) is 0 Å². The minimum absolute atomic E-state index is 0.0894. The van der Waals surface area contributed by atoms with E-state index in [0.717, 1.165) is 12.1 Å². The van der Waals surface area contributed by atoms with Crippen molar-refractivity contribution in [3.05, 3.63) is 29.8 Å². The summed E-state index contributed by atoms with van der Waals surface area (Å²) in [4.78, 5) is 10.4. The molecule has 1 N–H and O–H groups in total. The maximum absolute atomic E-state index is 12.3. The molecule has 0 bridgehead atoms. The maximum atomic E-state index is 12.3. The Morgan fingerprint density at radius 2 is 2.06 bits per heavy atom. The fourth-order valence-electron chi connectivity index (χ4n) is 1.09. The summed E-state index contributed by atoms with van der Waals surface area (Å²) >= 11 is 0. The van der Waals surface area contributed by atoms with Crippen LogP contribution in [0.15, 0.2) is 24.3 Å². The third kappa shape index (κ3) is 3.15. The van der Waals surface area contributed by atoms with Gasteiger partial charge in [-0.1, -0.05) is 6.07 Å². The number of nitrogens with one attached hydrogen (secondary N) is 1. The van der Waals surface area contributed by atoms with Crippen LogP contribution in [0, 0.1) is 0 Å². The molecule has 1 atom stereocenters. The Morgan fingerprint density at radius 3 is 2.56 bits per heavy atom. The zero-order valence-corrected chi connectivity index (χ0v) is 8.34. The van der Waals surface area contributed by atoms with Crippen molar-refractivity contribution in [2.75, 3.05) is 5.32 Å². The van der Waals surface area contributed by atoms with E-state index >= 15 is 0 Å². The first-order valence-corrected chi connectivity index (χ1v) is 4.45. The number of carbonyl (C=O) groups is 1. The Kier molecular flexibility index (Phi) is 3.41. The molecule has 0 aliphatic heterocycles. The molecule has 0 saturated carbocycles. The number of rotatable bonds is 3. The number of anilines is 1. The van der Waals surface area contributed by atoms with Gasteiger partial charge in [-0.2, -0.15) is 13.2 Å². The summed E-state index contributed by atoms with van der Waals surface area (Å²) in [6, 6.07) is 3.26. The summed E-state index contributed by atoms with van der Waals surface area (Å²) in [6.45, 7) is 1.29. The Balaban J connectivity index is 2.87. The number of carboxylic acids is 1. The van der Waals surface area contributed by atoms with Crippen LogP contribution in [0.4, 0.5) is 18.9 Å². The number of alkyl halides is 3. The summed E-state index contributed by atoms with van der Waals surface area (Å²) in [5, 5.41) is 12.8. The fraction of sp³-hybridized carbons (Fsp3) is 0.300. The molecule has 1 aromatic carbocycles. The number of aliphatic carboxylic acids is 1. The molecule has 0 heterocycles. The monoisotopic (exact) mass is 232 g/mol. The van der Waals surface area contributed by atoms with Gasteiger partial charge in [-0.25, -0.2) is 0 Å². The van der Waals surface area contributed by atoms with Crippen molar-refractivity contribution >= 4 is 11.7 Å². The van der Waals surface area contributed by atoms with Gasteiger partial charge in [0.15, 0.2) is 0 Å². The zero-order valence-electron chi connectivity index (χ0n) is 8.34. The van der Waals surface area contributed by atoms with Gasteiger partial charge in [0.1, 0.15) is 0 Å². The number of halogens is 3. The van der Waals surface area contributed by atoms with Crippen molar-refractivity contribution in [3.8, 4) is 0 Å². The average molecular weight is 232 g/mol. The lowest BCUT2D eigenvalue weighted by molar-refractivity contribution is -0.306. The summed E-state index contributed by atoms with van der Waals surface area (Å²) in [5.41, 5.74) is -0.741. The van der Waals surface area contributed by atoms with E-state index in [2.05, 4.69) is 5.32 Å². The average Bonchev–Trinajstić information content (AvgIpc) is 2.16. The predicted molar refractivity (Wildman–Crippen MR) is 49.5 cm³/mol.